The quantitative estimate of drug-likeness (QED) is 0.169. The number of carbonyl (C=O) groups is 1. The molecule has 0 bridgehead atoms. The number of aliphatic carboxylic acids is 1. The average molecular weight is 314 g/mol. The molecule has 0 aliphatic heterocycles. The fraction of sp³-hybridized carbons (Fsp3) is 0.833. The standard InChI is InChI=1S/C18H34O4/c1-2-3-4-5-6-8-11-14-17(22-21)15-12-9-7-10-13-16-18(19)20/h6,8,17,21H,2-5,7,9-16H2,1H3,(H,19,20)/b8-6-/t17-/m1/s1. The van der Waals surface area contributed by atoms with Crippen LogP contribution in [0.1, 0.15) is 90.4 Å². The van der Waals surface area contributed by atoms with Crippen molar-refractivity contribution >= 4 is 5.97 Å². The van der Waals surface area contributed by atoms with E-state index in [2.05, 4.69) is 24.0 Å². The van der Waals surface area contributed by atoms with Gasteiger partial charge in [-0.3, -0.25) is 10.1 Å². The molecule has 0 amide bonds. The Balaban J connectivity index is 3.45. The monoisotopic (exact) mass is 314 g/mol. The van der Waals surface area contributed by atoms with Crippen molar-refractivity contribution in [1.29, 1.82) is 0 Å². The van der Waals surface area contributed by atoms with E-state index in [0.29, 0.717) is 0 Å². The lowest BCUT2D eigenvalue weighted by Crippen LogP contribution is -2.10. The smallest absolute Gasteiger partial charge is 0.303 e. The molecule has 0 saturated heterocycles. The fourth-order valence-corrected chi connectivity index (χ4v) is 2.46. The third-order valence-electron chi connectivity index (χ3n) is 3.86. The highest BCUT2D eigenvalue weighted by molar-refractivity contribution is 5.66. The molecule has 0 heterocycles. The van der Waals surface area contributed by atoms with Crippen LogP contribution in [-0.4, -0.2) is 22.4 Å². The van der Waals surface area contributed by atoms with Gasteiger partial charge in [-0.2, -0.15) is 0 Å². The van der Waals surface area contributed by atoms with Crippen LogP contribution in [0.25, 0.3) is 0 Å². The van der Waals surface area contributed by atoms with Gasteiger partial charge in [-0.15, -0.1) is 0 Å². The van der Waals surface area contributed by atoms with Crippen molar-refractivity contribution in [3.63, 3.8) is 0 Å². The summed E-state index contributed by atoms with van der Waals surface area (Å²) in [6.45, 7) is 2.21. The summed E-state index contributed by atoms with van der Waals surface area (Å²) < 4.78 is 0. The number of allylic oxidation sites excluding steroid dienone is 2. The Hall–Kier alpha value is -0.870. The Morgan fingerprint density at radius 3 is 2.32 bits per heavy atom. The van der Waals surface area contributed by atoms with Crippen LogP contribution in [0.4, 0.5) is 0 Å². The van der Waals surface area contributed by atoms with Crippen LogP contribution in [-0.2, 0) is 9.68 Å². The first-order chi connectivity index (χ1) is 10.7. The first kappa shape index (κ1) is 21.1. The number of carboxylic acid groups (broad SMARTS) is 1. The molecule has 0 radical (unpaired) electrons. The van der Waals surface area contributed by atoms with Gasteiger partial charge in [0, 0.05) is 6.42 Å². The van der Waals surface area contributed by atoms with Gasteiger partial charge in [0.2, 0.25) is 0 Å². The molecule has 2 N–H and O–H groups in total. The molecule has 0 spiro atoms. The molecular formula is C18H34O4. The maximum Gasteiger partial charge on any atom is 0.303 e. The van der Waals surface area contributed by atoms with Gasteiger partial charge < -0.3 is 5.11 Å². The molecule has 130 valence electrons. The summed E-state index contributed by atoms with van der Waals surface area (Å²) in [5, 5.41) is 17.4. The van der Waals surface area contributed by atoms with Crippen molar-refractivity contribution in [2.45, 2.75) is 96.5 Å². The summed E-state index contributed by atoms with van der Waals surface area (Å²) >= 11 is 0. The highest BCUT2D eigenvalue weighted by Crippen LogP contribution is 2.14. The molecule has 4 heteroatoms. The summed E-state index contributed by atoms with van der Waals surface area (Å²) in [6, 6.07) is 0. The van der Waals surface area contributed by atoms with E-state index in [9.17, 15) is 4.79 Å². The SMILES string of the molecule is CCCCC/C=C\CC[C@H](CCCCCCCC(=O)O)OO. The molecule has 0 rings (SSSR count). The summed E-state index contributed by atoms with van der Waals surface area (Å²) in [7, 11) is 0. The van der Waals surface area contributed by atoms with Crippen LogP contribution in [0.3, 0.4) is 0 Å². The Kier molecular flexibility index (Phi) is 15.8. The number of hydrogen-bond acceptors (Lipinski definition) is 3. The van der Waals surface area contributed by atoms with Crippen LogP contribution in [0, 0.1) is 0 Å². The largest absolute Gasteiger partial charge is 0.481 e. The number of unbranched alkanes of at least 4 members (excludes halogenated alkanes) is 7. The average Bonchev–Trinajstić information content (AvgIpc) is 2.50. The predicted molar refractivity (Wildman–Crippen MR) is 90.0 cm³/mol. The van der Waals surface area contributed by atoms with E-state index < -0.39 is 5.97 Å². The minimum atomic E-state index is -0.712. The molecule has 22 heavy (non-hydrogen) atoms. The van der Waals surface area contributed by atoms with Crippen LogP contribution >= 0.6 is 0 Å². The van der Waals surface area contributed by atoms with Gasteiger partial charge in [-0.05, 0) is 38.5 Å². The van der Waals surface area contributed by atoms with Crippen molar-refractivity contribution in [1.82, 2.24) is 0 Å². The summed E-state index contributed by atoms with van der Waals surface area (Å²) in [5.74, 6) is -0.712. The zero-order valence-corrected chi connectivity index (χ0v) is 14.1. The van der Waals surface area contributed by atoms with Gasteiger partial charge >= 0.3 is 5.97 Å². The van der Waals surface area contributed by atoms with Gasteiger partial charge in [0.25, 0.3) is 0 Å². The van der Waals surface area contributed by atoms with Crippen LogP contribution in [0.15, 0.2) is 12.2 Å². The normalized spacial score (nSPS) is 12.8. The molecule has 0 saturated carbocycles. The number of rotatable bonds is 16. The van der Waals surface area contributed by atoms with Crippen molar-refractivity contribution in [2.24, 2.45) is 0 Å². The molecule has 0 fully saturated rings. The second-order valence-electron chi connectivity index (χ2n) is 5.97. The van der Waals surface area contributed by atoms with E-state index in [4.69, 9.17) is 10.4 Å². The van der Waals surface area contributed by atoms with E-state index in [0.717, 1.165) is 57.8 Å². The van der Waals surface area contributed by atoms with Crippen molar-refractivity contribution in [3.8, 4) is 0 Å². The lowest BCUT2D eigenvalue weighted by molar-refractivity contribution is -0.281. The lowest BCUT2D eigenvalue weighted by Gasteiger charge is -2.11. The van der Waals surface area contributed by atoms with Crippen LogP contribution in [0.5, 0.6) is 0 Å². The van der Waals surface area contributed by atoms with Crippen LogP contribution < -0.4 is 0 Å². The molecule has 0 aromatic heterocycles. The molecule has 0 aromatic carbocycles. The Bertz CT molecular complexity index is 276. The Morgan fingerprint density at radius 2 is 1.64 bits per heavy atom. The van der Waals surface area contributed by atoms with E-state index in [1.807, 2.05) is 0 Å². The summed E-state index contributed by atoms with van der Waals surface area (Å²) in [4.78, 5) is 14.9. The maximum absolute atomic E-state index is 10.4. The molecule has 1 atom stereocenters. The zero-order chi connectivity index (χ0) is 16.5. The van der Waals surface area contributed by atoms with Gasteiger partial charge in [-0.25, -0.2) is 4.89 Å². The molecule has 0 aromatic rings. The van der Waals surface area contributed by atoms with Crippen molar-refractivity contribution < 1.29 is 20.0 Å². The first-order valence-electron chi connectivity index (χ1n) is 8.87. The highest BCUT2D eigenvalue weighted by Gasteiger charge is 2.07. The van der Waals surface area contributed by atoms with Gasteiger partial charge in [-0.1, -0.05) is 57.6 Å². The predicted octanol–water partition coefficient (Wildman–Crippen LogP) is 5.58. The van der Waals surface area contributed by atoms with Gasteiger partial charge in [0.1, 0.15) is 0 Å². The van der Waals surface area contributed by atoms with E-state index in [-0.39, 0.29) is 12.5 Å². The molecular weight excluding hydrogens is 280 g/mol. The fourth-order valence-electron chi connectivity index (χ4n) is 2.46. The van der Waals surface area contributed by atoms with Crippen molar-refractivity contribution in [2.75, 3.05) is 0 Å². The minimum Gasteiger partial charge on any atom is -0.481 e. The second-order valence-corrected chi connectivity index (χ2v) is 5.97. The van der Waals surface area contributed by atoms with Crippen LogP contribution in [0.2, 0.25) is 0 Å². The summed E-state index contributed by atoms with van der Waals surface area (Å²) in [6.07, 6.45) is 17.2. The topological polar surface area (TPSA) is 66.8 Å². The van der Waals surface area contributed by atoms with E-state index in [1.54, 1.807) is 0 Å². The van der Waals surface area contributed by atoms with E-state index in [1.165, 1.54) is 19.3 Å². The Morgan fingerprint density at radius 1 is 0.955 bits per heavy atom. The number of hydrogen-bond donors (Lipinski definition) is 2. The van der Waals surface area contributed by atoms with Gasteiger partial charge in [0.15, 0.2) is 0 Å². The number of carboxylic acids is 1. The first-order valence-corrected chi connectivity index (χ1v) is 8.87. The molecule has 0 aliphatic rings. The molecule has 0 unspecified atom stereocenters. The Labute approximate surface area is 135 Å². The van der Waals surface area contributed by atoms with E-state index >= 15 is 0 Å². The lowest BCUT2D eigenvalue weighted by atomic mass is 10.0. The highest BCUT2D eigenvalue weighted by atomic mass is 17.1. The molecule has 0 aliphatic carbocycles. The van der Waals surface area contributed by atoms with Gasteiger partial charge in [0.05, 0.1) is 6.10 Å². The third-order valence-corrected chi connectivity index (χ3v) is 3.86. The van der Waals surface area contributed by atoms with Crippen molar-refractivity contribution in [3.05, 3.63) is 12.2 Å². The zero-order valence-electron chi connectivity index (χ0n) is 14.1. The third kappa shape index (κ3) is 15.5. The second kappa shape index (κ2) is 16.5. The molecule has 4 nitrogen and oxygen atoms in total. The maximum atomic E-state index is 10.4. The minimum absolute atomic E-state index is 0.0701. The summed E-state index contributed by atoms with van der Waals surface area (Å²) in [5.41, 5.74) is 0.